The van der Waals surface area contributed by atoms with Gasteiger partial charge in [-0.25, -0.2) is 0 Å². The molecule has 2 rings (SSSR count). The van der Waals surface area contributed by atoms with Crippen molar-refractivity contribution in [1.29, 1.82) is 0 Å². The molecule has 23 heavy (non-hydrogen) atoms. The fraction of sp³-hybridized carbons (Fsp3) is 0.875. The standard InChI is InChI=1S/C16H30N2O5/c1-14(17-8-19-12-20-9-17)5-6-23-16(3,4)7-15(2)18-10-21-13-22-11-18/h15H,1,5-13H2,2-4H3. The molecule has 0 N–H and O–H groups in total. The van der Waals surface area contributed by atoms with Crippen LogP contribution in [0.4, 0.5) is 0 Å². The van der Waals surface area contributed by atoms with Crippen LogP contribution in [0.1, 0.15) is 33.6 Å². The first-order chi connectivity index (χ1) is 11.0. The molecule has 2 aliphatic heterocycles. The zero-order valence-corrected chi connectivity index (χ0v) is 14.6. The highest BCUT2D eigenvalue weighted by Gasteiger charge is 2.27. The van der Waals surface area contributed by atoms with Gasteiger partial charge in [0.15, 0.2) is 6.79 Å². The summed E-state index contributed by atoms with van der Waals surface area (Å²) in [5.74, 6) is 0. The van der Waals surface area contributed by atoms with E-state index in [9.17, 15) is 0 Å². The Morgan fingerprint density at radius 1 is 1.09 bits per heavy atom. The molecule has 0 aliphatic carbocycles. The SMILES string of the molecule is C=C(CCOC(C)(C)CC(C)N1COCOC1)N1COCOC1. The van der Waals surface area contributed by atoms with E-state index in [2.05, 4.69) is 32.3 Å². The molecule has 2 heterocycles. The third-order valence-corrected chi connectivity index (χ3v) is 4.08. The van der Waals surface area contributed by atoms with Crippen molar-refractivity contribution in [2.45, 2.75) is 45.3 Å². The van der Waals surface area contributed by atoms with E-state index in [0.29, 0.717) is 53.2 Å². The van der Waals surface area contributed by atoms with E-state index in [0.717, 1.165) is 18.5 Å². The first-order valence-electron chi connectivity index (χ1n) is 8.10. The number of hydrogen-bond acceptors (Lipinski definition) is 7. The van der Waals surface area contributed by atoms with E-state index < -0.39 is 0 Å². The molecule has 0 spiro atoms. The lowest BCUT2D eigenvalue weighted by molar-refractivity contribution is -0.198. The van der Waals surface area contributed by atoms with Crippen LogP contribution in [0.3, 0.4) is 0 Å². The lowest BCUT2D eigenvalue weighted by Gasteiger charge is -2.36. The lowest BCUT2D eigenvalue weighted by atomic mass is 9.99. The zero-order chi connectivity index (χ0) is 16.7. The summed E-state index contributed by atoms with van der Waals surface area (Å²) in [4.78, 5) is 4.14. The van der Waals surface area contributed by atoms with Crippen LogP contribution in [0.5, 0.6) is 0 Å². The summed E-state index contributed by atoms with van der Waals surface area (Å²) in [6.45, 7) is 14.1. The van der Waals surface area contributed by atoms with Gasteiger partial charge in [-0.05, 0) is 27.2 Å². The van der Waals surface area contributed by atoms with Gasteiger partial charge in [-0.2, -0.15) is 0 Å². The normalized spacial score (nSPS) is 22.1. The third-order valence-electron chi connectivity index (χ3n) is 4.08. The maximum atomic E-state index is 6.07. The molecule has 2 saturated heterocycles. The van der Waals surface area contributed by atoms with Crippen molar-refractivity contribution in [2.75, 3.05) is 47.1 Å². The Kier molecular flexibility index (Phi) is 7.26. The average molecular weight is 330 g/mol. The summed E-state index contributed by atoms with van der Waals surface area (Å²) in [5, 5.41) is 0. The summed E-state index contributed by atoms with van der Waals surface area (Å²) < 4.78 is 27.2. The number of nitrogens with zero attached hydrogens (tertiary/aromatic N) is 2. The van der Waals surface area contributed by atoms with E-state index in [1.165, 1.54) is 0 Å². The molecule has 2 aliphatic rings. The highest BCUT2D eigenvalue weighted by molar-refractivity contribution is 4.92. The van der Waals surface area contributed by atoms with Gasteiger partial charge < -0.3 is 28.6 Å². The van der Waals surface area contributed by atoms with Crippen LogP contribution in [0.25, 0.3) is 0 Å². The van der Waals surface area contributed by atoms with Crippen LogP contribution in [0, 0.1) is 0 Å². The molecule has 0 radical (unpaired) electrons. The van der Waals surface area contributed by atoms with Gasteiger partial charge in [0.1, 0.15) is 33.7 Å². The molecule has 7 nitrogen and oxygen atoms in total. The molecular formula is C16H30N2O5. The average Bonchev–Trinajstić information content (AvgIpc) is 2.55. The summed E-state index contributed by atoms with van der Waals surface area (Å²) in [7, 11) is 0. The van der Waals surface area contributed by atoms with Gasteiger partial charge in [-0.15, -0.1) is 0 Å². The second-order valence-electron chi connectivity index (χ2n) is 6.67. The molecule has 0 bridgehead atoms. The molecule has 1 atom stereocenters. The maximum Gasteiger partial charge on any atom is 0.151 e. The Labute approximate surface area is 139 Å². The molecule has 0 aromatic heterocycles. The van der Waals surface area contributed by atoms with Gasteiger partial charge in [0.05, 0.1) is 12.2 Å². The smallest absolute Gasteiger partial charge is 0.151 e. The van der Waals surface area contributed by atoms with Gasteiger partial charge in [-0.1, -0.05) is 6.58 Å². The Morgan fingerprint density at radius 3 is 2.26 bits per heavy atom. The van der Waals surface area contributed by atoms with E-state index in [-0.39, 0.29) is 5.60 Å². The van der Waals surface area contributed by atoms with Crippen molar-refractivity contribution in [3.05, 3.63) is 12.3 Å². The Morgan fingerprint density at radius 2 is 1.65 bits per heavy atom. The van der Waals surface area contributed by atoms with Crippen molar-refractivity contribution in [3.63, 3.8) is 0 Å². The molecule has 2 fully saturated rings. The number of rotatable bonds is 8. The number of ether oxygens (including phenoxy) is 5. The predicted octanol–water partition coefficient (Wildman–Crippen LogP) is 1.91. The molecule has 0 amide bonds. The third kappa shape index (κ3) is 6.37. The maximum absolute atomic E-state index is 6.07. The van der Waals surface area contributed by atoms with E-state index >= 15 is 0 Å². The highest BCUT2D eigenvalue weighted by atomic mass is 16.7. The van der Waals surface area contributed by atoms with Gasteiger partial charge in [-0.3, -0.25) is 4.90 Å². The van der Waals surface area contributed by atoms with Crippen molar-refractivity contribution in [2.24, 2.45) is 0 Å². The van der Waals surface area contributed by atoms with Gasteiger partial charge >= 0.3 is 0 Å². The van der Waals surface area contributed by atoms with Crippen LogP contribution in [0.15, 0.2) is 12.3 Å². The monoisotopic (exact) mass is 330 g/mol. The molecule has 0 saturated carbocycles. The minimum absolute atomic E-state index is 0.216. The van der Waals surface area contributed by atoms with Gasteiger partial charge in [0.2, 0.25) is 0 Å². The quantitative estimate of drug-likeness (QED) is 0.674. The summed E-state index contributed by atoms with van der Waals surface area (Å²) in [6.07, 6.45) is 1.67. The summed E-state index contributed by atoms with van der Waals surface area (Å²) in [6, 6.07) is 0.331. The zero-order valence-electron chi connectivity index (χ0n) is 14.6. The minimum Gasteiger partial charge on any atom is -0.375 e. The van der Waals surface area contributed by atoms with Gasteiger partial charge in [0.25, 0.3) is 0 Å². The molecule has 0 aromatic rings. The summed E-state index contributed by atoms with van der Waals surface area (Å²) >= 11 is 0. The van der Waals surface area contributed by atoms with E-state index in [1.807, 2.05) is 4.90 Å². The predicted molar refractivity (Wildman–Crippen MR) is 85.1 cm³/mol. The fourth-order valence-corrected chi connectivity index (χ4v) is 2.74. The molecule has 134 valence electrons. The Balaban J connectivity index is 1.67. The second kappa shape index (κ2) is 8.96. The largest absolute Gasteiger partial charge is 0.375 e. The lowest BCUT2D eigenvalue weighted by Crippen LogP contribution is -2.44. The topological polar surface area (TPSA) is 52.6 Å². The summed E-state index contributed by atoms with van der Waals surface area (Å²) in [5.41, 5.74) is 0.762. The second-order valence-corrected chi connectivity index (χ2v) is 6.67. The van der Waals surface area contributed by atoms with E-state index in [4.69, 9.17) is 23.7 Å². The Bertz CT molecular complexity index is 365. The first-order valence-corrected chi connectivity index (χ1v) is 8.10. The van der Waals surface area contributed by atoms with Crippen LogP contribution in [-0.4, -0.2) is 68.6 Å². The van der Waals surface area contributed by atoms with Crippen molar-refractivity contribution >= 4 is 0 Å². The molecule has 0 aromatic carbocycles. The number of hydrogen-bond donors (Lipinski definition) is 0. The van der Waals surface area contributed by atoms with Crippen LogP contribution in [-0.2, 0) is 23.7 Å². The minimum atomic E-state index is -0.216. The fourth-order valence-electron chi connectivity index (χ4n) is 2.74. The van der Waals surface area contributed by atoms with Crippen molar-refractivity contribution < 1.29 is 23.7 Å². The van der Waals surface area contributed by atoms with Crippen molar-refractivity contribution in [3.8, 4) is 0 Å². The van der Waals surface area contributed by atoms with E-state index in [1.54, 1.807) is 0 Å². The Hall–Kier alpha value is -0.700. The van der Waals surface area contributed by atoms with Crippen LogP contribution < -0.4 is 0 Å². The molecule has 1 unspecified atom stereocenters. The van der Waals surface area contributed by atoms with Crippen molar-refractivity contribution in [1.82, 2.24) is 9.80 Å². The van der Waals surface area contributed by atoms with Crippen LogP contribution in [0.2, 0.25) is 0 Å². The van der Waals surface area contributed by atoms with Gasteiger partial charge in [0, 0.05) is 18.2 Å². The highest BCUT2D eigenvalue weighted by Crippen LogP contribution is 2.22. The molecular weight excluding hydrogens is 300 g/mol. The van der Waals surface area contributed by atoms with Crippen LogP contribution >= 0.6 is 0 Å². The molecule has 7 heteroatoms. The first kappa shape index (κ1) is 18.6.